The monoisotopic (exact) mass is 382 g/mol. The van der Waals surface area contributed by atoms with Crippen molar-refractivity contribution in [3.63, 3.8) is 0 Å². The van der Waals surface area contributed by atoms with E-state index in [-0.39, 0.29) is 30.0 Å². The first kappa shape index (κ1) is 17.0. The molecule has 0 radical (unpaired) electrons. The first-order valence-electron chi connectivity index (χ1n) is 10.3. The van der Waals surface area contributed by atoms with Gasteiger partial charge in [0, 0.05) is 35.5 Å². The minimum atomic E-state index is -0.746. The summed E-state index contributed by atoms with van der Waals surface area (Å²) in [5, 5.41) is 12.5. The minimum absolute atomic E-state index is 0.0145. The van der Waals surface area contributed by atoms with Gasteiger partial charge in [0.05, 0.1) is 25.5 Å². The molecule has 4 heterocycles. The number of methoxy groups -OCH3 is 1. The van der Waals surface area contributed by atoms with Crippen LogP contribution < -0.4 is 0 Å². The lowest BCUT2D eigenvalue weighted by Gasteiger charge is -2.58. The van der Waals surface area contributed by atoms with Crippen LogP contribution in [0.1, 0.15) is 37.3 Å². The second-order valence-corrected chi connectivity index (χ2v) is 8.96. The highest BCUT2D eigenvalue weighted by atomic mass is 16.5. The predicted molar refractivity (Wildman–Crippen MR) is 103 cm³/mol. The van der Waals surface area contributed by atoms with Gasteiger partial charge in [0.25, 0.3) is 0 Å². The van der Waals surface area contributed by atoms with E-state index in [1.54, 1.807) is 0 Å². The number of esters is 1. The van der Waals surface area contributed by atoms with Crippen LogP contribution in [0.15, 0.2) is 24.3 Å². The molecule has 1 aliphatic carbocycles. The van der Waals surface area contributed by atoms with Crippen molar-refractivity contribution < 1.29 is 19.4 Å². The zero-order valence-electron chi connectivity index (χ0n) is 16.3. The third kappa shape index (κ3) is 1.82. The maximum atomic E-state index is 13.5. The largest absolute Gasteiger partial charge is 0.468 e. The molecule has 1 unspecified atom stereocenters. The predicted octanol–water partition coefficient (Wildman–Crippen LogP) is 2.19. The quantitative estimate of drug-likeness (QED) is 0.766. The van der Waals surface area contributed by atoms with E-state index < -0.39 is 11.6 Å². The third-order valence-electron chi connectivity index (χ3n) is 7.89. The molecule has 1 N–H and O–H groups in total. The van der Waals surface area contributed by atoms with Crippen LogP contribution in [0.25, 0.3) is 10.9 Å². The number of carbonyl (C=O) groups is 1. The lowest BCUT2D eigenvalue weighted by molar-refractivity contribution is -0.197. The smallest absolute Gasteiger partial charge is 0.319 e. The van der Waals surface area contributed by atoms with Gasteiger partial charge in [0.15, 0.2) is 0 Å². The fourth-order valence-electron chi connectivity index (χ4n) is 6.87. The molecule has 28 heavy (non-hydrogen) atoms. The Kier molecular flexibility index (Phi) is 3.39. The molecule has 4 aliphatic rings. The first-order chi connectivity index (χ1) is 13.6. The molecule has 6 rings (SSSR count). The lowest BCUT2D eigenvalue weighted by Crippen LogP contribution is -2.68. The summed E-state index contributed by atoms with van der Waals surface area (Å²) in [4.78, 5) is 15.9. The van der Waals surface area contributed by atoms with Crippen LogP contribution in [-0.2, 0) is 26.1 Å². The topological polar surface area (TPSA) is 63.9 Å². The molecule has 1 aromatic carbocycles. The Bertz CT molecular complexity index is 984. The summed E-state index contributed by atoms with van der Waals surface area (Å²) >= 11 is 0. The Morgan fingerprint density at radius 3 is 3.00 bits per heavy atom. The number of carbonyl (C=O) groups excluding carboxylic acids is 1. The second kappa shape index (κ2) is 5.59. The number of para-hydroxylation sites is 1. The molecular weight excluding hydrogens is 356 g/mol. The van der Waals surface area contributed by atoms with Gasteiger partial charge in [0.1, 0.15) is 11.6 Å². The van der Waals surface area contributed by atoms with E-state index in [9.17, 15) is 9.90 Å². The highest BCUT2D eigenvalue weighted by Crippen LogP contribution is 2.59. The van der Waals surface area contributed by atoms with Gasteiger partial charge in [-0.15, -0.1) is 0 Å². The van der Waals surface area contributed by atoms with E-state index in [2.05, 4.69) is 28.5 Å². The zero-order valence-corrected chi connectivity index (χ0v) is 16.3. The van der Waals surface area contributed by atoms with Crippen LogP contribution in [-0.4, -0.2) is 53.1 Å². The van der Waals surface area contributed by atoms with E-state index in [1.165, 1.54) is 12.7 Å². The van der Waals surface area contributed by atoms with Crippen LogP contribution in [0.4, 0.5) is 0 Å². The van der Waals surface area contributed by atoms with Gasteiger partial charge in [0.2, 0.25) is 0 Å². The van der Waals surface area contributed by atoms with E-state index in [4.69, 9.17) is 9.47 Å². The number of aliphatic hydroxyl groups excluding tert-OH is 1. The highest BCUT2D eigenvalue weighted by Gasteiger charge is 2.65. The van der Waals surface area contributed by atoms with Crippen LogP contribution in [0, 0.1) is 11.8 Å². The number of fused-ring (bicyclic) bond motifs is 4. The van der Waals surface area contributed by atoms with Crippen molar-refractivity contribution in [2.24, 2.45) is 11.8 Å². The van der Waals surface area contributed by atoms with Crippen LogP contribution >= 0.6 is 0 Å². The van der Waals surface area contributed by atoms with Crippen LogP contribution in [0.2, 0.25) is 0 Å². The van der Waals surface area contributed by atoms with Gasteiger partial charge in [-0.3, -0.25) is 9.69 Å². The van der Waals surface area contributed by atoms with E-state index in [1.807, 2.05) is 12.1 Å². The number of hydrogen-bond donors (Lipinski definition) is 1. The molecule has 1 saturated heterocycles. The van der Waals surface area contributed by atoms with Crippen molar-refractivity contribution in [1.29, 1.82) is 0 Å². The van der Waals surface area contributed by atoms with Crippen molar-refractivity contribution in [3.05, 3.63) is 35.5 Å². The number of rotatable bonds is 1. The molecule has 6 heteroatoms. The molecule has 2 bridgehead atoms. The van der Waals surface area contributed by atoms with Crippen molar-refractivity contribution in [2.45, 2.75) is 50.0 Å². The fourth-order valence-corrected chi connectivity index (χ4v) is 6.87. The van der Waals surface area contributed by atoms with E-state index in [0.717, 1.165) is 36.0 Å². The Labute approximate surface area is 164 Å². The number of ether oxygens (including phenoxy) is 2. The zero-order chi connectivity index (χ0) is 19.2. The Hall–Kier alpha value is -1.89. The maximum absolute atomic E-state index is 13.5. The van der Waals surface area contributed by atoms with Gasteiger partial charge < -0.3 is 19.1 Å². The first-order valence-corrected chi connectivity index (χ1v) is 10.3. The van der Waals surface area contributed by atoms with Gasteiger partial charge in [-0.1, -0.05) is 18.2 Å². The molecule has 2 aromatic rings. The minimum Gasteiger partial charge on any atom is -0.468 e. The SMILES string of the molecule is COC(=O)[C@]12C[C@H]3CC4[C@H](C)OCN(CCc5c1n(c1ccccc51)[C@H]3O)[C@@H]42. The van der Waals surface area contributed by atoms with E-state index in [0.29, 0.717) is 13.2 Å². The van der Waals surface area contributed by atoms with Gasteiger partial charge in [-0.25, -0.2) is 0 Å². The highest BCUT2D eigenvalue weighted by molar-refractivity contribution is 5.93. The maximum Gasteiger partial charge on any atom is 0.319 e. The average molecular weight is 382 g/mol. The van der Waals surface area contributed by atoms with Crippen LogP contribution in [0.5, 0.6) is 0 Å². The summed E-state index contributed by atoms with van der Waals surface area (Å²) in [6.45, 7) is 3.52. The summed E-state index contributed by atoms with van der Waals surface area (Å²) in [6.07, 6.45) is 1.81. The van der Waals surface area contributed by atoms with Crippen molar-refractivity contribution in [2.75, 3.05) is 20.4 Å². The van der Waals surface area contributed by atoms with Crippen molar-refractivity contribution >= 4 is 16.9 Å². The Balaban J connectivity index is 1.74. The van der Waals surface area contributed by atoms with Gasteiger partial charge in [-0.05, 0) is 37.8 Å². The standard InChI is InChI=1S/C22H26N2O4/c1-12-16-9-13-10-22(21(26)27-2)18(16)23(11-28-12)8-7-15-14-5-3-4-6-17(14)24(19(15)22)20(13)25/h3-6,12-13,16,18,20,25H,7-11H2,1-2H3/t12-,13+,16?,18-,20-,22-/m0/s1. The Morgan fingerprint density at radius 2 is 2.18 bits per heavy atom. The molecule has 0 spiro atoms. The number of nitrogens with zero attached hydrogens (tertiary/aromatic N) is 2. The molecule has 6 nitrogen and oxygen atoms in total. The molecule has 1 saturated carbocycles. The number of hydrogen-bond acceptors (Lipinski definition) is 5. The van der Waals surface area contributed by atoms with Crippen molar-refractivity contribution in [1.82, 2.24) is 9.47 Å². The molecule has 148 valence electrons. The van der Waals surface area contributed by atoms with Crippen molar-refractivity contribution in [3.8, 4) is 0 Å². The average Bonchev–Trinajstić information content (AvgIpc) is 2.97. The summed E-state index contributed by atoms with van der Waals surface area (Å²) in [5.41, 5.74) is 2.48. The van der Waals surface area contributed by atoms with Crippen LogP contribution in [0.3, 0.4) is 0 Å². The number of aromatic nitrogens is 1. The molecular formula is C22H26N2O4. The molecule has 1 aromatic heterocycles. The third-order valence-corrected chi connectivity index (χ3v) is 7.89. The molecule has 0 amide bonds. The summed E-state index contributed by atoms with van der Waals surface area (Å²) in [6, 6.07) is 8.30. The van der Waals surface area contributed by atoms with Gasteiger partial charge >= 0.3 is 5.97 Å². The Morgan fingerprint density at radius 1 is 1.36 bits per heavy atom. The molecule has 2 fully saturated rings. The summed E-state index contributed by atoms with van der Waals surface area (Å²) in [7, 11) is 1.50. The number of benzene rings is 1. The fraction of sp³-hybridized carbons (Fsp3) is 0.591. The molecule has 6 atom stereocenters. The lowest BCUT2D eigenvalue weighted by atomic mass is 9.56. The van der Waals surface area contributed by atoms with Gasteiger partial charge in [-0.2, -0.15) is 0 Å². The summed E-state index contributed by atoms with van der Waals surface area (Å²) in [5.74, 6) is 0.0602. The summed E-state index contributed by atoms with van der Waals surface area (Å²) < 4.78 is 13.6. The normalized spacial score (nSPS) is 38.9. The number of aliphatic hydroxyl groups is 1. The molecule has 3 aliphatic heterocycles. The second-order valence-electron chi connectivity index (χ2n) is 8.96. The van der Waals surface area contributed by atoms with E-state index >= 15 is 0 Å².